The lowest BCUT2D eigenvalue weighted by atomic mass is 10.1. The SMILES string of the molecule is N=C(NOC(=O)C(F)(F)F)c1ccc(-c2cncc(OC[C@H](N)Cc3c[nH]c4ccccc34)c2)cc1. The van der Waals surface area contributed by atoms with E-state index in [0.717, 1.165) is 27.6 Å². The zero-order valence-electron chi connectivity index (χ0n) is 18.8. The molecule has 0 spiro atoms. The summed E-state index contributed by atoms with van der Waals surface area (Å²) in [7, 11) is 0. The molecule has 0 unspecified atom stereocenters. The summed E-state index contributed by atoms with van der Waals surface area (Å²) in [6, 6.07) is 15.8. The number of halogens is 3. The monoisotopic (exact) mass is 497 g/mol. The minimum absolute atomic E-state index is 0.220. The number of alkyl halides is 3. The summed E-state index contributed by atoms with van der Waals surface area (Å²) < 4.78 is 42.5. The number of ether oxygens (including phenoxy) is 1. The number of nitrogens with two attached hydrogens (primary N) is 1. The van der Waals surface area contributed by atoms with Crippen LogP contribution in [0.2, 0.25) is 0 Å². The maximum absolute atomic E-state index is 12.2. The normalized spacial score (nSPS) is 12.2. The van der Waals surface area contributed by atoms with Gasteiger partial charge in [0.1, 0.15) is 12.4 Å². The molecule has 0 saturated carbocycles. The van der Waals surface area contributed by atoms with Crippen molar-refractivity contribution in [3.63, 3.8) is 0 Å². The highest BCUT2D eigenvalue weighted by Gasteiger charge is 2.41. The van der Waals surface area contributed by atoms with E-state index in [1.54, 1.807) is 36.1 Å². The van der Waals surface area contributed by atoms with Crippen LogP contribution in [0.25, 0.3) is 22.0 Å². The first-order valence-corrected chi connectivity index (χ1v) is 10.8. The molecule has 5 N–H and O–H groups in total. The average Bonchev–Trinajstić information content (AvgIpc) is 3.28. The molecule has 36 heavy (non-hydrogen) atoms. The molecule has 2 aromatic heterocycles. The number of benzene rings is 2. The van der Waals surface area contributed by atoms with Crippen LogP contribution in [0.1, 0.15) is 11.1 Å². The van der Waals surface area contributed by atoms with E-state index in [2.05, 4.69) is 14.8 Å². The summed E-state index contributed by atoms with van der Waals surface area (Å²) in [5.74, 6) is -2.41. The van der Waals surface area contributed by atoms with Crippen molar-refractivity contribution in [2.45, 2.75) is 18.6 Å². The zero-order chi connectivity index (χ0) is 25.7. The number of nitrogens with one attached hydrogen (secondary N) is 3. The molecule has 0 radical (unpaired) electrons. The predicted molar refractivity (Wildman–Crippen MR) is 127 cm³/mol. The molecule has 1 atom stereocenters. The lowest BCUT2D eigenvalue weighted by Crippen LogP contribution is -2.34. The van der Waals surface area contributed by atoms with E-state index in [0.29, 0.717) is 12.2 Å². The first-order chi connectivity index (χ1) is 17.2. The Labute approximate surface area is 203 Å². The molecule has 4 aromatic rings. The van der Waals surface area contributed by atoms with E-state index in [1.807, 2.05) is 30.5 Å². The Morgan fingerprint density at radius 2 is 1.86 bits per heavy atom. The number of carbonyl (C=O) groups is 1. The fraction of sp³-hybridized carbons (Fsp3) is 0.160. The van der Waals surface area contributed by atoms with Crippen LogP contribution in [0.4, 0.5) is 13.2 Å². The highest BCUT2D eigenvalue weighted by atomic mass is 19.4. The molecule has 186 valence electrons. The van der Waals surface area contributed by atoms with Crippen LogP contribution in [-0.2, 0) is 16.1 Å². The second-order valence-electron chi connectivity index (χ2n) is 7.99. The number of rotatable bonds is 7. The molecule has 0 bridgehead atoms. The van der Waals surface area contributed by atoms with Crippen molar-refractivity contribution >= 4 is 22.7 Å². The Morgan fingerprint density at radius 1 is 1.11 bits per heavy atom. The van der Waals surface area contributed by atoms with Crippen LogP contribution >= 0.6 is 0 Å². The third-order valence-electron chi connectivity index (χ3n) is 5.32. The molecule has 4 rings (SSSR count). The van der Waals surface area contributed by atoms with E-state index < -0.39 is 18.0 Å². The van der Waals surface area contributed by atoms with Gasteiger partial charge in [-0.2, -0.15) is 13.2 Å². The van der Waals surface area contributed by atoms with Crippen molar-refractivity contribution in [3.05, 3.63) is 84.3 Å². The van der Waals surface area contributed by atoms with Gasteiger partial charge in [0.05, 0.1) is 6.20 Å². The quantitative estimate of drug-likeness (QED) is 0.173. The molecular weight excluding hydrogens is 475 g/mol. The number of hydrogen-bond donors (Lipinski definition) is 4. The summed E-state index contributed by atoms with van der Waals surface area (Å²) >= 11 is 0. The minimum Gasteiger partial charge on any atom is -0.490 e. The third-order valence-corrected chi connectivity index (χ3v) is 5.32. The Bertz CT molecular complexity index is 1370. The summed E-state index contributed by atoms with van der Waals surface area (Å²) in [5.41, 5.74) is 11.8. The number of aromatic nitrogens is 2. The lowest BCUT2D eigenvalue weighted by Gasteiger charge is -2.13. The Hall–Kier alpha value is -4.38. The first-order valence-electron chi connectivity index (χ1n) is 10.8. The van der Waals surface area contributed by atoms with Crippen LogP contribution < -0.4 is 16.0 Å². The van der Waals surface area contributed by atoms with Gasteiger partial charge in [0.25, 0.3) is 0 Å². The number of H-pyrrole nitrogens is 1. The van der Waals surface area contributed by atoms with Crippen LogP contribution in [0.15, 0.2) is 73.2 Å². The Kier molecular flexibility index (Phi) is 7.20. The summed E-state index contributed by atoms with van der Waals surface area (Å²) in [4.78, 5) is 22.1. The van der Waals surface area contributed by atoms with Crippen LogP contribution in [0.5, 0.6) is 5.75 Å². The molecule has 11 heteroatoms. The molecule has 0 saturated heterocycles. The first kappa shape index (κ1) is 24.7. The highest BCUT2D eigenvalue weighted by Crippen LogP contribution is 2.24. The number of hydroxylamine groups is 1. The Morgan fingerprint density at radius 3 is 2.61 bits per heavy atom. The number of nitrogens with zero attached hydrogens (tertiary/aromatic N) is 1. The van der Waals surface area contributed by atoms with Gasteiger partial charge in [-0.25, -0.2) is 10.3 Å². The van der Waals surface area contributed by atoms with E-state index in [-0.39, 0.29) is 18.2 Å². The maximum Gasteiger partial charge on any atom is 0.493 e. The standard InChI is InChI=1S/C25H22F3N5O3/c26-25(27,28)24(34)36-33-23(30)16-7-5-15(6-8-16)17-10-20(13-31-11-17)35-14-19(29)9-18-12-32-22-4-2-1-3-21(18)22/h1-8,10-13,19,32H,9,14,29H2,(H2,30,33)/t19-/m1/s1. The van der Waals surface area contributed by atoms with Crippen LogP contribution in [0.3, 0.4) is 0 Å². The Balaban J connectivity index is 1.34. The molecule has 0 aliphatic carbocycles. The second-order valence-corrected chi connectivity index (χ2v) is 7.99. The molecule has 8 nitrogen and oxygen atoms in total. The third kappa shape index (κ3) is 5.99. The van der Waals surface area contributed by atoms with Gasteiger partial charge < -0.3 is 20.3 Å². The van der Waals surface area contributed by atoms with Gasteiger partial charge in [-0.05, 0) is 29.7 Å². The number of pyridine rings is 1. The molecule has 0 aliphatic heterocycles. The molecule has 0 aliphatic rings. The van der Waals surface area contributed by atoms with Crippen molar-refractivity contribution in [2.75, 3.05) is 6.61 Å². The van der Waals surface area contributed by atoms with Crippen LogP contribution in [0, 0.1) is 5.41 Å². The smallest absolute Gasteiger partial charge is 0.490 e. The number of fused-ring (bicyclic) bond motifs is 1. The van der Waals surface area contributed by atoms with Gasteiger partial charge in [-0.15, -0.1) is 0 Å². The van der Waals surface area contributed by atoms with Crippen molar-refractivity contribution < 1.29 is 27.5 Å². The van der Waals surface area contributed by atoms with Gasteiger partial charge in [0.15, 0.2) is 5.84 Å². The number of carbonyl (C=O) groups excluding carboxylic acids is 1. The number of amidine groups is 1. The van der Waals surface area contributed by atoms with E-state index in [4.69, 9.17) is 15.9 Å². The number of para-hydroxylation sites is 1. The predicted octanol–water partition coefficient (Wildman–Crippen LogP) is 4.11. The largest absolute Gasteiger partial charge is 0.493 e. The fourth-order valence-electron chi connectivity index (χ4n) is 3.54. The van der Waals surface area contributed by atoms with Crippen molar-refractivity contribution in [2.24, 2.45) is 5.73 Å². The van der Waals surface area contributed by atoms with Gasteiger partial charge in [0.2, 0.25) is 0 Å². The molecule has 2 aromatic carbocycles. The minimum atomic E-state index is -5.16. The van der Waals surface area contributed by atoms with Crippen molar-refractivity contribution in [1.82, 2.24) is 15.4 Å². The van der Waals surface area contributed by atoms with Gasteiger partial charge in [-0.1, -0.05) is 42.5 Å². The summed E-state index contributed by atoms with van der Waals surface area (Å²) in [6.45, 7) is 0.281. The molecule has 0 fully saturated rings. The topological polar surface area (TPSA) is 126 Å². The van der Waals surface area contributed by atoms with Gasteiger partial charge >= 0.3 is 12.1 Å². The maximum atomic E-state index is 12.2. The summed E-state index contributed by atoms with van der Waals surface area (Å²) in [6.07, 6.45) is 0.633. The average molecular weight is 497 g/mol. The molecule has 2 heterocycles. The van der Waals surface area contributed by atoms with E-state index >= 15 is 0 Å². The van der Waals surface area contributed by atoms with Gasteiger partial charge in [0, 0.05) is 40.5 Å². The van der Waals surface area contributed by atoms with Crippen molar-refractivity contribution in [1.29, 1.82) is 5.41 Å². The lowest BCUT2D eigenvalue weighted by molar-refractivity contribution is -0.203. The molecule has 0 amide bonds. The van der Waals surface area contributed by atoms with Gasteiger partial charge in [-0.3, -0.25) is 10.4 Å². The number of hydrogen-bond acceptors (Lipinski definition) is 6. The zero-order valence-corrected chi connectivity index (χ0v) is 18.8. The van der Waals surface area contributed by atoms with Crippen LogP contribution in [-0.4, -0.2) is 40.6 Å². The number of aromatic amines is 1. The van der Waals surface area contributed by atoms with Crippen molar-refractivity contribution in [3.8, 4) is 16.9 Å². The van der Waals surface area contributed by atoms with E-state index in [9.17, 15) is 18.0 Å². The van der Waals surface area contributed by atoms with E-state index in [1.165, 1.54) is 12.1 Å². The molecular formula is C25H22F3N5O3. The summed E-state index contributed by atoms with van der Waals surface area (Å²) in [5, 5.41) is 8.87. The second kappa shape index (κ2) is 10.5. The fourth-order valence-corrected chi connectivity index (χ4v) is 3.54. The highest BCUT2D eigenvalue weighted by molar-refractivity contribution is 5.96.